The van der Waals surface area contributed by atoms with Crippen LogP contribution in [0.1, 0.15) is 11.1 Å². The van der Waals surface area contributed by atoms with Crippen LogP contribution in [-0.2, 0) is 19.8 Å². The van der Waals surface area contributed by atoms with Crippen LogP contribution >= 0.6 is 11.6 Å². The Morgan fingerprint density at radius 2 is 2.05 bits per heavy atom. The summed E-state index contributed by atoms with van der Waals surface area (Å²) in [5, 5.41) is 16.3. The largest absolute Gasteiger partial charge is 0.450 e. The minimum absolute atomic E-state index is 0.00162. The number of alkyl halides is 3. The lowest BCUT2D eigenvalue weighted by Gasteiger charge is -2.18. The molecule has 0 bridgehead atoms. The maximum atomic E-state index is 14.9. The Kier molecular flexibility index (Phi) is 7.79. The van der Waals surface area contributed by atoms with Gasteiger partial charge in [-0.25, -0.2) is 14.4 Å². The van der Waals surface area contributed by atoms with Gasteiger partial charge in [-0.05, 0) is 31.8 Å². The van der Waals surface area contributed by atoms with Crippen molar-refractivity contribution < 1.29 is 22.3 Å². The third-order valence-electron chi connectivity index (χ3n) is 5.61. The van der Waals surface area contributed by atoms with Gasteiger partial charge in [0.1, 0.15) is 22.1 Å². The number of hydrogen-bond donors (Lipinski definition) is 4. The van der Waals surface area contributed by atoms with Crippen LogP contribution < -0.4 is 20.7 Å². The van der Waals surface area contributed by atoms with Crippen molar-refractivity contribution in [3.05, 3.63) is 64.2 Å². The predicted octanol–water partition coefficient (Wildman–Crippen LogP) is 4.52. The molecule has 4 rings (SSSR count). The van der Waals surface area contributed by atoms with E-state index in [1.807, 2.05) is 0 Å². The maximum absolute atomic E-state index is 14.9. The average Bonchev–Trinajstić information content (AvgIpc) is 3.19. The van der Waals surface area contributed by atoms with Gasteiger partial charge in [0.25, 0.3) is 0 Å². The van der Waals surface area contributed by atoms with Gasteiger partial charge in [0, 0.05) is 33.0 Å². The highest BCUT2D eigenvalue weighted by Gasteiger charge is 2.35. The molecule has 3 aromatic rings. The summed E-state index contributed by atoms with van der Waals surface area (Å²) in [6, 6.07) is 1.57. The number of nitrogens with one attached hydrogen (secondary N) is 4. The lowest BCUT2D eigenvalue weighted by molar-refractivity contribution is -0.138. The number of anilines is 2. The molecule has 0 aliphatic carbocycles. The van der Waals surface area contributed by atoms with E-state index in [0.29, 0.717) is 17.6 Å². The van der Waals surface area contributed by atoms with Crippen LogP contribution in [0.5, 0.6) is 5.75 Å². The van der Waals surface area contributed by atoms with Crippen molar-refractivity contribution in [3.63, 3.8) is 0 Å². The minimum atomic E-state index is -4.69. The second-order valence-electron chi connectivity index (χ2n) is 8.63. The molecular weight excluding hydrogens is 542 g/mol. The molecule has 3 heterocycles. The van der Waals surface area contributed by atoms with Gasteiger partial charge in [-0.15, -0.1) is 0 Å². The van der Waals surface area contributed by atoms with Crippen molar-refractivity contribution >= 4 is 46.5 Å². The second kappa shape index (κ2) is 10.9. The standard InChI is InChI=1S/C24H24ClF4N9O/c1-31-21-19(32-5-6-33-21)16(9-30)39-17-10-34-22-20(18(17)25)38(4)23(36-22)35-15-8-13(24(27,28)29)12(7-14(15)26)11-37(2)3/h5-10,30,32H,11H2,1-4H3,(H,31,33)(H,34,35,36)/b19-16+,30-9?. The third kappa shape index (κ3) is 5.66. The van der Waals surface area contributed by atoms with E-state index in [0.717, 1.165) is 12.3 Å². The van der Waals surface area contributed by atoms with Crippen LogP contribution in [0, 0.1) is 11.2 Å². The molecule has 15 heteroatoms. The number of ether oxygens (including phenoxy) is 1. The molecule has 0 saturated carbocycles. The van der Waals surface area contributed by atoms with Crippen molar-refractivity contribution in [1.82, 2.24) is 30.1 Å². The van der Waals surface area contributed by atoms with E-state index in [1.54, 1.807) is 27.3 Å². The number of halogens is 5. The quantitative estimate of drug-likeness (QED) is 0.189. The minimum Gasteiger partial charge on any atom is -0.450 e. The maximum Gasteiger partial charge on any atom is 0.416 e. The van der Waals surface area contributed by atoms with Crippen molar-refractivity contribution in [2.45, 2.75) is 12.7 Å². The van der Waals surface area contributed by atoms with Crippen LogP contribution in [0.2, 0.25) is 5.02 Å². The van der Waals surface area contributed by atoms with Gasteiger partial charge in [-0.2, -0.15) is 18.2 Å². The van der Waals surface area contributed by atoms with Crippen molar-refractivity contribution in [1.29, 1.82) is 5.41 Å². The molecule has 0 saturated heterocycles. The van der Waals surface area contributed by atoms with E-state index in [-0.39, 0.29) is 45.8 Å². The fourth-order valence-electron chi connectivity index (χ4n) is 3.88. The van der Waals surface area contributed by atoms with Crippen LogP contribution in [0.15, 0.2) is 47.2 Å². The Hall–Kier alpha value is -4.17. The molecule has 0 amide bonds. The van der Waals surface area contributed by atoms with Gasteiger partial charge in [0.15, 0.2) is 23.0 Å². The molecule has 2 aromatic heterocycles. The molecule has 0 radical (unpaired) electrons. The number of rotatable bonds is 7. The number of aryl methyl sites for hydroxylation is 1. The summed E-state index contributed by atoms with van der Waals surface area (Å²) in [6.45, 7) is -0.0952. The molecule has 1 aliphatic heterocycles. The molecular formula is C24H24ClF4N9O. The Labute approximate surface area is 225 Å². The highest BCUT2D eigenvalue weighted by Crippen LogP contribution is 2.38. The summed E-state index contributed by atoms with van der Waals surface area (Å²) < 4.78 is 63.4. The molecule has 0 unspecified atom stereocenters. The van der Waals surface area contributed by atoms with Crippen LogP contribution in [0.3, 0.4) is 0 Å². The first-order valence-electron chi connectivity index (χ1n) is 11.4. The van der Waals surface area contributed by atoms with E-state index in [2.05, 4.69) is 30.9 Å². The van der Waals surface area contributed by atoms with E-state index in [9.17, 15) is 17.6 Å². The molecule has 0 atom stereocenters. The topological polar surface area (TPSA) is 115 Å². The number of aromatic nitrogens is 3. The number of hydrogen-bond acceptors (Lipinski definition) is 9. The lowest BCUT2D eigenvalue weighted by atomic mass is 10.0. The molecule has 0 fully saturated rings. The monoisotopic (exact) mass is 565 g/mol. The van der Waals surface area contributed by atoms with Crippen LogP contribution in [-0.4, -0.2) is 52.6 Å². The van der Waals surface area contributed by atoms with E-state index >= 15 is 0 Å². The van der Waals surface area contributed by atoms with Gasteiger partial charge in [0.2, 0.25) is 5.95 Å². The smallest absolute Gasteiger partial charge is 0.416 e. The first-order valence-corrected chi connectivity index (χ1v) is 11.7. The molecule has 1 aromatic carbocycles. The normalized spacial score (nSPS) is 14.8. The average molecular weight is 566 g/mol. The molecule has 206 valence electrons. The Bertz CT molecular complexity index is 1530. The Balaban J connectivity index is 1.72. The fraction of sp³-hybridized carbons (Fsp3) is 0.250. The van der Waals surface area contributed by atoms with Gasteiger partial charge < -0.3 is 35.6 Å². The zero-order valence-corrected chi connectivity index (χ0v) is 22.0. The molecule has 39 heavy (non-hydrogen) atoms. The molecule has 0 spiro atoms. The molecule has 10 nitrogen and oxygen atoms in total. The summed E-state index contributed by atoms with van der Waals surface area (Å²) in [6.07, 6.45) is 0.644. The van der Waals surface area contributed by atoms with Gasteiger partial charge in [-0.1, -0.05) is 11.6 Å². The SMILES string of the molecule is CNC1=NC=CN/C1=C(\C=N)Oc1cnc2nc(Nc3cc(C(F)(F)F)c(CN(C)C)cc3F)n(C)c2c1Cl. The number of pyridine rings is 1. The summed E-state index contributed by atoms with van der Waals surface area (Å²) in [7, 11) is 6.38. The Morgan fingerprint density at radius 1 is 1.31 bits per heavy atom. The number of benzene rings is 1. The number of amidine groups is 1. The first-order chi connectivity index (χ1) is 18.4. The van der Waals surface area contributed by atoms with E-state index < -0.39 is 23.2 Å². The van der Waals surface area contributed by atoms with Crippen molar-refractivity contribution in [2.75, 3.05) is 26.5 Å². The number of imidazole rings is 1. The van der Waals surface area contributed by atoms with Crippen LogP contribution in [0.4, 0.5) is 29.2 Å². The van der Waals surface area contributed by atoms with Crippen molar-refractivity contribution in [2.24, 2.45) is 12.0 Å². The van der Waals surface area contributed by atoms with Crippen LogP contribution in [0.25, 0.3) is 11.2 Å². The van der Waals surface area contributed by atoms with E-state index in [1.165, 1.54) is 28.9 Å². The highest BCUT2D eigenvalue weighted by atomic mass is 35.5. The molecule has 4 N–H and O–H groups in total. The van der Waals surface area contributed by atoms with Crippen molar-refractivity contribution in [3.8, 4) is 5.75 Å². The van der Waals surface area contributed by atoms with E-state index in [4.69, 9.17) is 21.7 Å². The summed E-state index contributed by atoms with van der Waals surface area (Å²) in [5.41, 5.74) is -0.788. The summed E-state index contributed by atoms with van der Waals surface area (Å²) >= 11 is 6.60. The zero-order valence-electron chi connectivity index (χ0n) is 21.2. The number of nitrogens with zero attached hydrogens (tertiary/aromatic N) is 5. The number of likely N-dealkylation sites (N-methyl/N-ethyl adjacent to an activating group) is 1. The van der Waals surface area contributed by atoms with Gasteiger partial charge >= 0.3 is 6.18 Å². The zero-order chi connectivity index (χ0) is 28.5. The predicted molar refractivity (Wildman–Crippen MR) is 141 cm³/mol. The first kappa shape index (κ1) is 27.9. The number of fused-ring (bicyclic) bond motifs is 1. The van der Waals surface area contributed by atoms with Gasteiger partial charge in [0.05, 0.1) is 23.7 Å². The number of allylic oxidation sites excluding steroid dienone is 1. The summed E-state index contributed by atoms with van der Waals surface area (Å²) in [4.78, 5) is 14.2. The lowest BCUT2D eigenvalue weighted by Crippen LogP contribution is -2.31. The second-order valence-corrected chi connectivity index (χ2v) is 9.00. The fourth-order valence-corrected chi connectivity index (χ4v) is 4.17. The van der Waals surface area contributed by atoms with Gasteiger partial charge in [-0.3, -0.25) is 0 Å². The Morgan fingerprint density at radius 3 is 2.69 bits per heavy atom. The molecule has 1 aliphatic rings. The number of aliphatic imine (C=N–C) groups is 1. The highest BCUT2D eigenvalue weighted by molar-refractivity contribution is 6.36. The summed E-state index contributed by atoms with van der Waals surface area (Å²) in [5.74, 6) is -0.303. The third-order valence-corrected chi connectivity index (χ3v) is 5.98.